The summed E-state index contributed by atoms with van der Waals surface area (Å²) in [7, 11) is 1.53. The smallest absolute Gasteiger partial charge is 0.322 e. The maximum absolute atomic E-state index is 13.4. The molecule has 3 N–H and O–H groups in total. The van der Waals surface area contributed by atoms with Gasteiger partial charge in [-0.05, 0) is 49.2 Å². The van der Waals surface area contributed by atoms with Gasteiger partial charge in [-0.1, -0.05) is 12.1 Å². The minimum atomic E-state index is -0.970. The number of primary amides is 1. The molecule has 1 unspecified atom stereocenters. The van der Waals surface area contributed by atoms with Crippen LogP contribution < -0.4 is 11.1 Å². The van der Waals surface area contributed by atoms with Crippen LogP contribution in [0.4, 0.5) is 19.3 Å². The molecular formula is C18H19F2N3O2. The van der Waals surface area contributed by atoms with Crippen molar-refractivity contribution in [3.05, 3.63) is 64.7 Å². The predicted octanol–water partition coefficient (Wildman–Crippen LogP) is 3.60. The zero-order chi connectivity index (χ0) is 18.7. The van der Waals surface area contributed by atoms with E-state index in [-0.39, 0.29) is 0 Å². The highest BCUT2D eigenvalue weighted by atomic mass is 19.2. The van der Waals surface area contributed by atoms with Crippen LogP contribution in [0, 0.1) is 18.6 Å². The predicted molar refractivity (Wildman–Crippen MR) is 91.3 cm³/mol. The summed E-state index contributed by atoms with van der Waals surface area (Å²) in [5, 5.41) is 2.65. The number of hydrogen-bond acceptors (Lipinski definition) is 2. The molecule has 0 aromatic heterocycles. The quantitative estimate of drug-likeness (QED) is 0.887. The molecule has 0 aliphatic carbocycles. The fourth-order valence-corrected chi connectivity index (χ4v) is 2.35. The molecular weight excluding hydrogens is 328 g/mol. The third kappa shape index (κ3) is 4.12. The molecule has 0 saturated carbocycles. The number of nitrogens with zero attached hydrogens (tertiary/aromatic N) is 1. The van der Waals surface area contributed by atoms with Gasteiger partial charge in [0.05, 0.1) is 6.04 Å². The van der Waals surface area contributed by atoms with Crippen LogP contribution >= 0.6 is 0 Å². The van der Waals surface area contributed by atoms with Crippen molar-refractivity contribution in [3.8, 4) is 0 Å². The molecule has 0 aliphatic heterocycles. The van der Waals surface area contributed by atoms with Gasteiger partial charge in [-0.25, -0.2) is 13.6 Å². The third-order valence-electron chi connectivity index (χ3n) is 4.08. The van der Waals surface area contributed by atoms with Crippen LogP contribution in [0.25, 0.3) is 0 Å². The maximum Gasteiger partial charge on any atom is 0.322 e. The number of amides is 3. The number of carbonyl (C=O) groups is 2. The van der Waals surface area contributed by atoms with Gasteiger partial charge < -0.3 is 16.0 Å². The van der Waals surface area contributed by atoms with Gasteiger partial charge >= 0.3 is 6.03 Å². The van der Waals surface area contributed by atoms with E-state index in [2.05, 4.69) is 5.32 Å². The van der Waals surface area contributed by atoms with Gasteiger partial charge in [0, 0.05) is 18.3 Å². The second-order valence-electron chi connectivity index (χ2n) is 5.78. The van der Waals surface area contributed by atoms with E-state index in [1.807, 2.05) is 0 Å². The number of rotatable bonds is 4. The molecule has 0 saturated heterocycles. The number of nitrogens with two attached hydrogens (primary N) is 1. The van der Waals surface area contributed by atoms with Crippen molar-refractivity contribution >= 4 is 17.6 Å². The Bertz CT molecular complexity index is 824. The average molecular weight is 347 g/mol. The van der Waals surface area contributed by atoms with Crippen molar-refractivity contribution in [2.75, 3.05) is 12.4 Å². The standard InChI is InChI=1S/C18H19F2N3O2/c1-10-4-6-13(9-14(10)17(21)24)22-18(25)23(3)11(2)12-5-7-15(19)16(20)8-12/h4-9,11H,1-3H3,(H2,21,24)(H,22,25). The molecule has 7 heteroatoms. The van der Waals surface area contributed by atoms with Gasteiger partial charge in [0.1, 0.15) is 0 Å². The zero-order valence-corrected chi connectivity index (χ0v) is 14.1. The number of nitrogens with one attached hydrogen (secondary N) is 1. The van der Waals surface area contributed by atoms with Crippen molar-refractivity contribution in [2.24, 2.45) is 5.73 Å². The van der Waals surface area contributed by atoms with E-state index in [0.29, 0.717) is 22.4 Å². The summed E-state index contributed by atoms with van der Waals surface area (Å²) in [6.45, 7) is 3.43. The van der Waals surface area contributed by atoms with Gasteiger partial charge in [0.25, 0.3) is 0 Å². The normalized spacial score (nSPS) is 11.7. The molecule has 1 atom stereocenters. The van der Waals surface area contributed by atoms with Crippen LogP contribution in [0.2, 0.25) is 0 Å². The van der Waals surface area contributed by atoms with Gasteiger partial charge in [-0.15, -0.1) is 0 Å². The van der Waals surface area contributed by atoms with E-state index >= 15 is 0 Å². The second kappa shape index (κ2) is 7.29. The third-order valence-corrected chi connectivity index (χ3v) is 4.08. The molecule has 0 radical (unpaired) electrons. The molecule has 5 nitrogen and oxygen atoms in total. The summed E-state index contributed by atoms with van der Waals surface area (Å²) in [5.41, 5.74) is 7.18. The molecule has 0 bridgehead atoms. The van der Waals surface area contributed by atoms with Crippen molar-refractivity contribution in [2.45, 2.75) is 19.9 Å². The summed E-state index contributed by atoms with van der Waals surface area (Å²) in [4.78, 5) is 25.1. The van der Waals surface area contributed by atoms with Gasteiger partial charge in [0.15, 0.2) is 11.6 Å². The molecule has 0 fully saturated rings. The molecule has 0 spiro atoms. The first-order chi connectivity index (χ1) is 11.7. The van der Waals surface area contributed by atoms with Crippen molar-refractivity contribution in [3.63, 3.8) is 0 Å². The Kier molecular flexibility index (Phi) is 5.36. The van der Waals surface area contributed by atoms with Crippen LogP contribution in [0.1, 0.15) is 34.5 Å². The molecule has 0 aliphatic rings. The van der Waals surface area contributed by atoms with Crippen molar-refractivity contribution in [1.29, 1.82) is 0 Å². The largest absolute Gasteiger partial charge is 0.366 e. The molecule has 2 rings (SSSR count). The van der Waals surface area contributed by atoms with E-state index < -0.39 is 29.6 Å². The lowest BCUT2D eigenvalue weighted by Gasteiger charge is -2.26. The highest BCUT2D eigenvalue weighted by Crippen LogP contribution is 2.22. The number of anilines is 1. The number of aryl methyl sites for hydroxylation is 1. The van der Waals surface area contributed by atoms with Crippen LogP contribution in [-0.2, 0) is 0 Å². The summed E-state index contributed by atoms with van der Waals surface area (Å²) >= 11 is 0. The van der Waals surface area contributed by atoms with Crippen molar-refractivity contribution < 1.29 is 18.4 Å². The Hall–Kier alpha value is -2.96. The average Bonchev–Trinajstić information content (AvgIpc) is 2.57. The Morgan fingerprint density at radius 3 is 2.40 bits per heavy atom. The van der Waals surface area contributed by atoms with Crippen LogP contribution in [0.3, 0.4) is 0 Å². The van der Waals surface area contributed by atoms with Crippen LogP contribution in [0.15, 0.2) is 36.4 Å². The zero-order valence-electron chi connectivity index (χ0n) is 14.1. The SMILES string of the molecule is Cc1ccc(NC(=O)N(C)C(C)c2ccc(F)c(F)c2)cc1C(N)=O. The summed E-state index contributed by atoms with van der Waals surface area (Å²) in [6.07, 6.45) is 0. The molecule has 0 heterocycles. The Balaban J connectivity index is 2.15. The van der Waals surface area contributed by atoms with Gasteiger partial charge in [-0.3, -0.25) is 4.79 Å². The lowest BCUT2D eigenvalue weighted by atomic mass is 10.1. The van der Waals surface area contributed by atoms with Crippen LogP contribution in [-0.4, -0.2) is 23.9 Å². The summed E-state index contributed by atoms with van der Waals surface area (Å²) in [6, 6.07) is 7.36. The van der Waals surface area contributed by atoms with E-state index in [1.165, 1.54) is 24.1 Å². The summed E-state index contributed by atoms with van der Waals surface area (Å²) < 4.78 is 26.4. The number of halogens is 2. The number of hydrogen-bond donors (Lipinski definition) is 2. The topological polar surface area (TPSA) is 75.4 Å². The summed E-state index contributed by atoms with van der Waals surface area (Å²) in [5.74, 6) is -2.50. The minimum Gasteiger partial charge on any atom is -0.366 e. The Morgan fingerprint density at radius 1 is 1.12 bits per heavy atom. The van der Waals surface area contributed by atoms with E-state index in [4.69, 9.17) is 5.73 Å². The molecule has 25 heavy (non-hydrogen) atoms. The monoisotopic (exact) mass is 347 g/mol. The highest BCUT2D eigenvalue weighted by molar-refractivity contribution is 5.97. The van der Waals surface area contributed by atoms with E-state index in [9.17, 15) is 18.4 Å². The maximum atomic E-state index is 13.4. The molecule has 2 aromatic carbocycles. The fourth-order valence-electron chi connectivity index (χ4n) is 2.35. The molecule has 3 amide bonds. The first-order valence-electron chi connectivity index (χ1n) is 7.60. The molecule has 2 aromatic rings. The van der Waals surface area contributed by atoms with Crippen LogP contribution in [0.5, 0.6) is 0 Å². The number of urea groups is 1. The first-order valence-corrected chi connectivity index (χ1v) is 7.60. The number of carbonyl (C=O) groups excluding carboxylic acids is 2. The van der Waals surface area contributed by atoms with E-state index in [0.717, 1.165) is 12.1 Å². The first kappa shape index (κ1) is 18.4. The fraction of sp³-hybridized carbons (Fsp3) is 0.222. The highest BCUT2D eigenvalue weighted by Gasteiger charge is 2.19. The van der Waals surface area contributed by atoms with Crippen molar-refractivity contribution in [1.82, 2.24) is 4.90 Å². The Labute approximate surface area is 144 Å². The number of benzene rings is 2. The Morgan fingerprint density at radius 2 is 1.80 bits per heavy atom. The lowest BCUT2D eigenvalue weighted by molar-refractivity contribution is 0.0999. The van der Waals surface area contributed by atoms with Gasteiger partial charge in [-0.2, -0.15) is 0 Å². The minimum absolute atomic E-state index is 0.314. The van der Waals surface area contributed by atoms with E-state index in [1.54, 1.807) is 26.0 Å². The second-order valence-corrected chi connectivity index (χ2v) is 5.78. The molecule has 132 valence electrons. The lowest BCUT2D eigenvalue weighted by Crippen LogP contribution is -2.33. The van der Waals surface area contributed by atoms with Gasteiger partial charge in [0.2, 0.25) is 5.91 Å².